The number of aryl methyl sites for hydroxylation is 1. The monoisotopic (exact) mass is 615 g/mol. The van der Waals surface area contributed by atoms with Crippen molar-refractivity contribution in [3.05, 3.63) is 94.0 Å². The van der Waals surface area contributed by atoms with E-state index in [0.29, 0.717) is 33.3 Å². The number of nitrogens with zero attached hydrogens (tertiary/aromatic N) is 2. The van der Waals surface area contributed by atoms with Crippen molar-refractivity contribution in [1.29, 1.82) is 0 Å². The van der Waals surface area contributed by atoms with Crippen LogP contribution in [0.4, 0.5) is 5.69 Å². The molecule has 0 heterocycles. The van der Waals surface area contributed by atoms with Gasteiger partial charge in [0.25, 0.3) is 10.0 Å². The van der Waals surface area contributed by atoms with Crippen molar-refractivity contribution in [3.8, 4) is 0 Å². The van der Waals surface area contributed by atoms with Crippen molar-refractivity contribution in [2.24, 2.45) is 0 Å². The molecule has 1 unspecified atom stereocenters. The topological polar surface area (TPSA) is 86.8 Å². The van der Waals surface area contributed by atoms with Gasteiger partial charge >= 0.3 is 0 Å². The van der Waals surface area contributed by atoms with E-state index in [2.05, 4.69) is 5.32 Å². The van der Waals surface area contributed by atoms with Crippen LogP contribution < -0.4 is 9.62 Å². The largest absolute Gasteiger partial charge is 0.352 e. The summed E-state index contributed by atoms with van der Waals surface area (Å²) in [6.45, 7) is 3.11. The molecule has 1 fully saturated rings. The molecule has 1 aliphatic carbocycles. The standard InChI is InChI=1S/C31H35Cl2N3O4S/c1-3-28(31(38)34-25-12-8-9-13-25)35(20-23-11-7-10-16-27(23)33)30(37)21-36(29-18-17-24(32)19-22(29)2)41(39,40)26-14-5-4-6-15-26/h4-7,10-11,14-19,25,28H,3,8-9,12-13,20-21H2,1-2H3,(H,34,38). The highest BCUT2D eigenvalue weighted by Gasteiger charge is 2.35. The number of anilines is 1. The van der Waals surface area contributed by atoms with E-state index in [1.807, 2.05) is 13.0 Å². The summed E-state index contributed by atoms with van der Waals surface area (Å²) in [5.41, 5.74) is 1.58. The Kier molecular flexibility index (Phi) is 10.3. The summed E-state index contributed by atoms with van der Waals surface area (Å²) >= 11 is 12.6. The van der Waals surface area contributed by atoms with Crippen LogP contribution >= 0.6 is 23.2 Å². The SMILES string of the molecule is CCC(C(=O)NC1CCCC1)N(Cc1ccccc1Cl)C(=O)CN(c1ccc(Cl)cc1C)S(=O)(=O)c1ccccc1. The van der Waals surface area contributed by atoms with E-state index in [1.54, 1.807) is 61.5 Å². The molecule has 1 saturated carbocycles. The summed E-state index contributed by atoms with van der Waals surface area (Å²) in [7, 11) is -4.15. The Hall–Kier alpha value is -3.07. The van der Waals surface area contributed by atoms with Crippen molar-refractivity contribution in [2.45, 2.75) is 69.5 Å². The van der Waals surface area contributed by atoms with Gasteiger partial charge in [-0.2, -0.15) is 0 Å². The van der Waals surface area contributed by atoms with E-state index in [0.717, 1.165) is 30.0 Å². The Morgan fingerprint density at radius 1 is 0.976 bits per heavy atom. The molecule has 41 heavy (non-hydrogen) atoms. The predicted molar refractivity (Wildman–Crippen MR) is 164 cm³/mol. The number of halogens is 2. The number of hydrogen-bond donors (Lipinski definition) is 1. The second kappa shape index (κ2) is 13.7. The first kappa shape index (κ1) is 30.9. The maximum Gasteiger partial charge on any atom is 0.264 e. The summed E-state index contributed by atoms with van der Waals surface area (Å²) in [5.74, 6) is -0.771. The Morgan fingerprint density at radius 2 is 1.63 bits per heavy atom. The molecule has 0 bridgehead atoms. The number of benzene rings is 3. The van der Waals surface area contributed by atoms with Crippen LogP contribution in [-0.2, 0) is 26.2 Å². The van der Waals surface area contributed by atoms with Gasteiger partial charge in [0.15, 0.2) is 0 Å². The lowest BCUT2D eigenvalue weighted by Crippen LogP contribution is -2.53. The molecule has 0 aromatic heterocycles. The van der Waals surface area contributed by atoms with E-state index in [-0.39, 0.29) is 23.4 Å². The minimum atomic E-state index is -4.15. The highest BCUT2D eigenvalue weighted by Crippen LogP contribution is 2.30. The van der Waals surface area contributed by atoms with Crippen molar-refractivity contribution >= 4 is 50.7 Å². The maximum absolute atomic E-state index is 14.2. The molecule has 3 aromatic carbocycles. The average molecular weight is 617 g/mol. The molecule has 4 rings (SSSR count). The molecule has 1 atom stereocenters. The first-order valence-electron chi connectivity index (χ1n) is 13.8. The van der Waals surface area contributed by atoms with Gasteiger partial charge in [0.05, 0.1) is 10.6 Å². The van der Waals surface area contributed by atoms with Crippen LogP contribution in [0.25, 0.3) is 0 Å². The Labute approximate surface area is 252 Å². The predicted octanol–water partition coefficient (Wildman–Crippen LogP) is 6.36. The molecule has 218 valence electrons. The maximum atomic E-state index is 14.2. The summed E-state index contributed by atoms with van der Waals surface area (Å²) in [5, 5.41) is 4.02. The highest BCUT2D eigenvalue weighted by molar-refractivity contribution is 7.92. The Balaban J connectivity index is 1.74. The molecule has 0 radical (unpaired) electrons. The van der Waals surface area contributed by atoms with Gasteiger partial charge in [-0.25, -0.2) is 8.42 Å². The van der Waals surface area contributed by atoms with Crippen molar-refractivity contribution in [2.75, 3.05) is 10.8 Å². The van der Waals surface area contributed by atoms with E-state index < -0.39 is 28.5 Å². The smallest absolute Gasteiger partial charge is 0.264 e. The fraction of sp³-hybridized carbons (Fsp3) is 0.355. The third kappa shape index (κ3) is 7.42. The van der Waals surface area contributed by atoms with Crippen LogP contribution in [0.3, 0.4) is 0 Å². The van der Waals surface area contributed by atoms with Gasteiger partial charge in [-0.1, -0.05) is 79.4 Å². The van der Waals surface area contributed by atoms with E-state index in [9.17, 15) is 18.0 Å². The quantitative estimate of drug-likeness (QED) is 0.272. The zero-order chi connectivity index (χ0) is 29.6. The molecule has 7 nitrogen and oxygen atoms in total. The molecule has 0 spiro atoms. The van der Waals surface area contributed by atoms with Crippen LogP contribution in [0.1, 0.15) is 50.2 Å². The minimum Gasteiger partial charge on any atom is -0.352 e. The second-order valence-corrected chi connectivity index (χ2v) is 13.0. The fourth-order valence-corrected chi connectivity index (χ4v) is 7.15. The lowest BCUT2D eigenvalue weighted by Gasteiger charge is -2.34. The zero-order valence-electron chi connectivity index (χ0n) is 23.2. The molecule has 2 amide bonds. The number of sulfonamides is 1. The number of nitrogens with one attached hydrogen (secondary N) is 1. The Bertz CT molecular complexity index is 1480. The summed E-state index contributed by atoms with van der Waals surface area (Å²) in [4.78, 5) is 29.2. The molecule has 3 aromatic rings. The lowest BCUT2D eigenvalue weighted by molar-refractivity contribution is -0.140. The third-order valence-corrected chi connectivity index (χ3v) is 9.80. The number of carbonyl (C=O) groups excluding carboxylic acids is 2. The number of hydrogen-bond acceptors (Lipinski definition) is 4. The molecule has 1 N–H and O–H groups in total. The van der Waals surface area contributed by atoms with Crippen molar-refractivity contribution in [1.82, 2.24) is 10.2 Å². The van der Waals surface area contributed by atoms with Gasteiger partial charge in [-0.05, 0) is 73.7 Å². The summed E-state index contributed by atoms with van der Waals surface area (Å²) in [6.07, 6.45) is 4.26. The van der Waals surface area contributed by atoms with Gasteiger partial charge in [-0.3, -0.25) is 13.9 Å². The van der Waals surface area contributed by atoms with Crippen molar-refractivity contribution < 1.29 is 18.0 Å². The first-order valence-corrected chi connectivity index (χ1v) is 16.0. The summed E-state index contributed by atoms with van der Waals surface area (Å²) in [6, 6.07) is 19.2. The molecular formula is C31H35Cl2N3O4S. The molecule has 1 aliphatic rings. The van der Waals surface area contributed by atoms with E-state index in [4.69, 9.17) is 23.2 Å². The normalized spacial score (nSPS) is 14.4. The summed E-state index contributed by atoms with van der Waals surface area (Å²) < 4.78 is 29.0. The second-order valence-electron chi connectivity index (χ2n) is 10.3. The minimum absolute atomic E-state index is 0.0471. The number of carbonyl (C=O) groups is 2. The van der Waals surface area contributed by atoms with Gasteiger partial charge in [0.1, 0.15) is 12.6 Å². The zero-order valence-corrected chi connectivity index (χ0v) is 25.6. The average Bonchev–Trinajstić information content (AvgIpc) is 3.46. The number of rotatable bonds is 11. The lowest BCUT2D eigenvalue weighted by atomic mass is 10.1. The third-order valence-electron chi connectivity index (χ3n) is 7.42. The molecule has 0 aliphatic heterocycles. The molecule has 10 heteroatoms. The fourth-order valence-electron chi connectivity index (χ4n) is 5.23. The van der Waals surface area contributed by atoms with Crippen LogP contribution in [0.15, 0.2) is 77.7 Å². The van der Waals surface area contributed by atoms with Gasteiger partial charge in [0.2, 0.25) is 11.8 Å². The van der Waals surface area contributed by atoms with Crippen LogP contribution in [0.5, 0.6) is 0 Å². The van der Waals surface area contributed by atoms with E-state index in [1.165, 1.54) is 17.0 Å². The van der Waals surface area contributed by atoms with Crippen LogP contribution in [-0.4, -0.2) is 43.8 Å². The van der Waals surface area contributed by atoms with Gasteiger partial charge in [0, 0.05) is 22.6 Å². The van der Waals surface area contributed by atoms with Crippen LogP contribution in [0, 0.1) is 6.92 Å². The van der Waals surface area contributed by atoms with Crippen LogP contribution in [0.2, 0.25) is 10.0 Å². The van der Waals surface area contributed by atoms with Gasteiger partial charge in [-0.15, -0.1) is 0 Å². The molecular weight excluding hydrogens is 581 g/mol. The van der Waals surface area contributed by atoms with E-state index >= 15 is 0 Å². The van der Waals surface area contributed by atoms with Gasteiger partial charge < -0.3 is 10.2 Å². The molecule has 0 saturated heterocycles. The number of amides is 2. The first-order chi connectivity index (χ1) is 19.6. The Morgan fingerprint density at radius 3 is 2.27 bits per heavy atom. The highest BCUT2D eigenvalue weighted by atomic mass is 35.5. The van der Waals surface area contributed by atoms with Crippen molar-refractivity contribution in [3.63, 3.8) is 0 Å².